The van der Waals surface area contributed by atoms with E-state index in [1.165, 1.54) is 12.8 Å². The molecule has 1 aliphatic heterocycles. The molecule has 1 saturated carbocycles. The van der Waals surface area contributed by atoms with E-state index in [1.54, 1.807) is 7.11 Å². The molecule has 2 aliphatic carbocycles. The van der Waals surface area contributed by atoms with Gasteiger partial charge in [0.15, 0.2) is 0 Å². The minimum Gasteiger partial charge on any atom is -0.396 e. The maximum absolute atomic E-state index is 12.6. The largest absolute Gasteiger partial charge is 0.396 e. The monoisotopic (exact) mass is 507 g/mol. The summed E-state index contributed by atoms with van der Waals surface area (Å²) in [6, 6.07) is 0. The second-order valence-corrected chi connectivity index (χ2v) is 11.7. The maximum Gasteiger partial charge on any atom is 0.143 e. The smallest absolute Gasteiger partial charge is 0.143 e. The maximum atomic E-state index is 12.6. The molecule has 0 amide bonds. The van der Waals surface area contributed by atoms with Crippen molar-refractivity contribution in [2.24, 2.45) is 41.2 Å². The van der Waals surface area contributed by atoms with Crippen molar-refractivity contribution >= 4 is 11.6 Å². The second kappa shape index (κ2) is 14.7. The Kier molecular flexibility index (Phi) is 12.0. The van der Waals surface area contributed by atoms with Gasteiger partial charge >= 0.3 is 0 Å². The number of carbonyl (C=O) groups is 2. The Labute approximate surface area is 217 Å². The zero-order chi connectivity index (χ0) is 26.1. The number of ketones is 2. The van der Waals surface area contributed by atoms with Crippen LogP contribution in [0.4, 0.5) is 0 Å². The first-order valence-electron chi connectivity index (χ1n) is 14.5. The number of Topliss-reactive ketones (excluding diaryl/α,β-unsaturated/α-hetero) is 2. The SMILES string of the molecule is CCCCCCCC(=O)CC(=O)CCC1CC(OC)C(O)C(C2C(CO)C=CC3C(N)[NH2+]CCC32)C1. The molecule has 206 valence electrons. The predicted octanol–water partition coefficient (Wildman–Crippen LogP) is 2.34. The van der Waals surface area contributed by atoms with Crippen molar-refractivity contribution in [3.63, 3.8) is 0 Å². The third kappa shape index (κ3) is 7.70. The van der Waals surface area contributed by atoms with Crippen LogP contribution < -0.4 is 11.1 Å². The fourth-order valence-corrected chi connectivity index (χ4v) is 7.28. The van der Waals surface area contributed by atoms with E-state index in [9.17, 15) is 19.8 Å². The molecule has 3 rings (SSSR count). The van der Waals surface area contributed by atoms with Gasteiger partial charge in [0, 0.05) is 44.8 Å². The standard InChI is InChI=1S/C29H50N2O5/c1-3-4-5-6-7-8-21(33)17-22(34)11-9-19-15-25(28(35)26(16-19)36-2)27-20(18-32)10-12-24-23(27)13-14-31-29(24)30/h10,12,19-20,23-29,31-32,35H,3-9,11,13-18,30H2,1-2H3/p+1. The molecule has 1 saturated heterocycles. The van der Waals surface area contributed by atoms with Gasteiger partial charge in [0.05, 0.1) is 25.2 Å². The number of fused-ring (bicyclic) bond motifs is 1. The van der Waals surface area contributed by atoms with Crippen molar-refractivity contribution in [3.8, 4) is 0 Å². The van der Waals surface area contributed by atoms with Gasteiger partial charge in [-0.25, -0.2) is 0 Å². The van der Waals surface area contributed by atoms with Crippen LogP contribution in [0.15, 0.2) is 12.2 Å². The zero-order valence-electron chi connectivity index (χ0n) is 22.5. The summed E-state index contributed by atoms with van der Waals surface area (Å²) in [7, 11) is 1.65. The number of aliphatic hydroxyl groups is 2. The van der Waals surface area contributed by atoms with Crippen LogP contribution in [0.1, 0.15) is 84.0 Å². The first kappa shape index (κ1) is 29.4. The van der Waals surface area contributed by atoms with Gasteiger partial charge in [0.25, 0.3) is 0 Å². The Morgan fingerprint density at radius 3 is 2.53 bits per heavy atom. The fraction of sp³-hybridized carbons (Fsp3) is 0.862. The highest BCUT2D eigenvalue weighted by atomic mass is 16.5. The van der Waals surface area contributed by atoms with Crippen LogP contribution in [0, 0.1) is 35.5 Å². The van der Waals surface area contributed by atoms with Crippen molar-refractivity contribution in [1.82, 2.24) is 0 Å². The number of aliphatic hydroxyl groups excluding tert-OH is 2. The molecule has 3 aliphatic rings. The van der Waals surface area contributed by atoms with Crippen LogP contribution in [-0.4, -0.2) is 60.4 Å². The van der Waals surface area contributed by atoms with E-state index in [0.717, 1.165) is 51.5 Å². The number of hydrogen-bond donors (Lipinski definition) is 4. The van der Waals surface area contributed by atoms with Crippen molar-refractivity contribution < 1.29 is 29.9 Å². The van der Waals surface area contributed by atoms with Crippen LogP contribution in [0.3, 0.4) is 0 Å². The zero-order valence-corrected chi connectivity index (χ0v) is 22.5. The summed E-state index contributed by atoms with van der Waals surface area (Å²) in [5.74, 6) is 1.08. The Bertz CT molecular complexity index is 728. The highest BCUT2D eigenvalue weighted by Crippen LogP contribution is 2.48. The third-order valence-electron chi connectivity index (χ3n) is 9.23. The summed E-state index contributed by atoms with van der Waals surface area (Å²) in [6.07, 6.45) is 13.2. The lowest BCUT2D eigenvalue weighted by Crippen LogP contribution is -2.97. The Morgan fingerprint density at radius 1 is 1.06 bits per heavy atom. The summed E-state index contributed by atoms with van der Waals surface area (Å²) in [6.45, 7) is 3.20. The molecule has 6 N–H and O–H groups in total. The first-order chi connectivity index (χ1) is 17.4. The van der Waals surface area contributed by atoms with Gasteiger partial charge in [0.2, 0.25) is 0 Å². The predicted molar refractivity (Wildman–Crippen MR) is 140 cm³/mol. The van der Waals surface area contributed by atoms with Crippen molar-refractivity contribution in [1.29, 1.82) is 0 Å². The Balaban J connectivity index is 1.58. The van der Waals surface area contributed by atoms with E-state index in [0.29, 0.717) is 18.8 Å². The van der Waals surface area contributed by atoms with E-state index in [1.807, 2.05) is 0 Å². The lowest BCUT2D eigenvalue weighted by molar-refractivity contribution is -0.706. The molecule has 7 heteroatoms. The van der Waals surface area contributed by atoms with E-state index >= 15 is 0 Å². The van der Waals surface area contributed by atoms with Crippen LogP contribution in [0.2, 0.25) is 0 Å². The number of hydrogen-bond acceptors (Lipinski definition) is 6. The van der Waals surface area contributed by atoms with Crippen molar-refractivity contribution in [2.45, 2.75) is 102 Å². The number of nitrogens with two attached hydrogens (primary N) is 2. The number of unbranched alkanes of at least 4 members (excludes halogenated alkanes) is 4. The molecule has 9 unspecified atom stereocenters. The van der Waals surface area contributed by atoms with E-state index in [2.05, 4.69) is 24.4 Å². The Morgan fingerprint density at radius 2 is 1.81 bits per heavy atom. The van der Waals surface area contributed by atoms with Gasteiger partial charge in [-0.05, 0) is 49.4 Å². The summed E-state index contributed by atoms with van der Waals surface area (Å²) in [5.41, 5.74) is 6.43. The normalized spacial score (nSPS) is 36.4. The van der Waals surface area contributed by atoms with Crippen molar-refractivity contribution in [2.75, 3.05) is 20.3 Å². The summed E-state index contributed by atoms with van der Waals surface area (Å²) in [5, 5.41) is 23.7. The van der Waals surface area contributed by atoms with Crippen molar-refractivity contribution in [3.05, 3.63) is 12.2 Å². The molecule has 0 radical (unpaired) electrons. The molecule has 0 aromatic rings. The molecule has 7 nitrogen and oxygen atoms in total. The lowest BCUT2D eigenvalue weighted by atomic mass is 9.58. The van der Waals surface area contributed by atoms with Crippen LogP contribution >= 0.6 is 0 Å². The number of quaternary nitrogens is 1. The van der Waals surface area contributed by atoms with Gasteiger partial charge in [-0.2, -0.15) is 0 Å². The number of piperidine rings is 1. The van der Waals surface area contributed by atoms with Gasteiger partial charge < -0.3 is 20.3 Å². The third-order valence-corrected chi connectivity index (χ3v) is 9.23. The van der Waals surface area contributed by atoms with E-state index in [-0.39, 0.29) is 66.5 Å². The van der Waals surface area contributed by atoms with E-state index in [4.69, 9.17) is 10.5 Å². The number of carbonyl (C=O) groups excluding carboxylic acids is 2. The molecule has 0 spiro atoms. The van der Waals surface area contributed by atoms with Gasteiger partial charge in [-0.1, -0.05) is 44.8 Å². The average molecular weight is 508 g/mol. The first-order valence-corrected chi connectivity index (χ1v) is 14.5. The van der Waals surface area contributed by atoms with Gasteiger partial charge in [0.1, 0.15) is 17.7 Å². The quantitative estimate of drug-likeness (QED) is 0.162. The van der Waals surface area contributed by atoms with Crippen LogP contribution in [0.5, 0.6) is 0 Å². The highest BCUT2D eigenvalue weighted by Gasteiger charge is 2.50. The number of methoxy groups -OCH3 is 1. The average Bonchev–Trinajstić information content (AvgIpc) is 2.87. The van der Waals surface area contributed by atoms with Crippen LogP contribution in [0.25, 0.3) is 0 Å². The minimum atomic E-state index is -0.593. The molecule has 36 heavy (non-hydrogen) atoms. The molecule has 0 bridgehead atoms. The minimum absolute atomic E-state index is 0.00374. The summed E-state index contributed by atoms with van der Waals surface area (Å²) >= 11 is 0. The molecular weight excluding hydrogens is 456 g/mol. The molecule has 9 atom stereocenters. The highest BCUT2D eigenvalue weighted by molar-refractivity contribution is 5.98. The van der Waals surface area contributed by atoms with Gasteiger partial charge in [-0.15, -0.1) is 0 Å². The summed E-state index contributed by atoms with van der Waals surface area (Å²) < 4.78 is 5.72. The lowest BCUT2D eigenvalue weighted by Gasteiger charge is -2.50. The Hall–Kier alpha value is -1.12. The van der Waals surface area contributed by atoms with Crippen LogP contribution in [-0.2, 0) is 14.3 Å². The fourth-order valence-electron chi connectivity index (χ4n) is 7.28. The topological polar surface area (TPSA) is 126 Å². The molecule has 0 aromatic heterocycles. The number of ether oxygens (including phenoxy) is 1. The second-order valence-electron chi connectivity index (χ2n) is 11.7. The van der Waals surface area contributed by atoms with Gasteiger partial charge in [-0.3, -0.25) is 15.3 Å². The molecule has 0 aromatic carbocycles. The summed E-state index contributed by atoms with van der Waals surface area (Å²) in [4.78, 5) is 24.8. The molecule has 2 fully saturated rings. The molecular formula is C29H51N2O5+. The number of rotatable bonds is 14. The molecule has 1 heterocycles. The van der Waals surface area contributed by atoms with E-state index < -0.39 is 6.10 Å².